The van der Waals surface area contributed by atoms with E-state index in [0.717, 1.165) is 150 Å². The third-order valence-corrected chi connectivity index (χ3v) is 16.9. The van der Waals surface area contributed by atoms with Crippen molar-refractivity contribution in [3.05, 3.63) is 337 Å². The minimum absolute atomic E-state index is 0.759. The third kappa shape index (κ3) is 7.90. The van der Waals surface area contributed by atoms with Crippen molar-refractivity contribution >= 4 is 110 Å². The van der Waals surface area contributed by atoms with Gasteiger partial charge in [-0.1, -0.05) is 251 Å². The first-order valence-corrected chi connectivity index (χ1v) is 28.5. The number of hydrogen-bond acceptors (Lipinski definition) is 4. The number of anilines is 5. The van der Waals surface area contributed by atoms with E-state index in [1.54, 1.807) is 0 Å². The molecule has 0 radical (unpaired) electrons. The number of fused-ring (bicyclic) bond motifs is 11. The van der Waals surface area contributed by atoms with Gasteiger partial charge in [0.25, 0.3) is 0 Å². The summed E-state index contributed by atoms with van der Waals surface area (Å²) >= 11 is 0. The molecule has 0 bridgehead atoms. The highest BCUT2D eigenvalue weighted by atomic mass is 16.3. The molecular weight excluding hydrogens is 1010 g/mol. The minimum Gasteiger partial charge on any atom is -0.454 e. The predicted molar refractivity (Wildman–Crippen MR) is 350 cm³/mol. The van der Waals surface area contributed by atoms with Crippen LogP contribution in [0, 0.1) is 0 Å². The summed E-state index contributed by atoms with van der Waals surface area (Å²) in [5, 5.41) is 11.1. The van der Waals surface area contributed by atoms with Gasteiger partial charge in [-0.2, -0.15) is 0 Å². The number of para-hydroxylation sites is 4. The summed E-state index contributed by atoms with van der Waals surface area (Å²) in [6, 6.07) is 93.4. The second-order valence-electron chi connectivity index (χ2n) is 21.5. The molecule has 0 saturated carbocycles. The first-order valence-electron chi connectivity index (χ1n) is 28.5. The van der Waals surface area contributed by atoms with Gasteiger partial charge < -0.3 is 18.6 Å². The topological polar surface area (TPSA) is 32.8 Å². The van der Waals surface area contributed by atoms with E-state index in [0.29, 0.717) is 0 Å². The molecular formula is C79H56N2O2. The second-order valence-corrected chi connectivity index (χ2v) is 21.5. The van der Waals surface area contributed by atoms with Gasteiger partial charge in [-0.25, -0.2) is 0 Å². The first-order chi connectivity index (χ1) is 41.0. The molecule has 394 valence electrons. The van der Waals surface area contributed by atoms with E-state index in [4.69, 9.17) is 22.0 Å². The van der Waals surface area contributed by atoms with Crippen LogP contribution in [0.15, 0.2) is 324 Å². The molecule has 83 heavy (non-hydrogen) atoms. The first kappa shape index (κ1) is 49.4. The Morgan fingerprint density at radius 2 is 0.940 bits per heavy atom. The number of benzene rings is 12. The largest absolute Gasteiger partial charge is 0.454 e. The van der Waals surface area contributed by atoms with Gasteiger partial charge in [0.15, 0.2) is 11.2 Å². The van der Waals surface area contributed by atoms with Crippen molar-refractivity contribution < 1.29 is 8.83 Å². The Kier molecular flexibility index (Phi) is 12.0. The van der Waals surface area contributed by atoms with Crippen LogP contribution in [-0.4, -0.2) is 0 Å². The third-order valence-electron chi connectivity index (χ3n) is 16.9. The summed E-state index contributed by atoms with van der Waals surface area (Å²) in [5.74, 6) is 0. The lowest BCUT2D eigenvalue weighted by atomic mass is 9.64. The highest BCUT2D eigenvalue weighted by Crippen LogP contribution is 2.59. The SMILES string of the molecule is C=C(/C=C\C(=C)N(c1cccc2ccccc12)c1cccc2c1oc1ccccc12)C1=C(/C=C\CC)c2ccc3cc(N(c4cccc5ccccc45)c4cccc5c4oc4ccccc45)ccc3c2C1(c1ccccc1)c1ccccc1. The zero-order valence-corrected chi connectivity index (χ0v) is 46.0. The average Bonchev–Trinajstić information content (AvgIpc) is 2.26. The van der Waals surface area contributed by atoms with Gasteiger partial charge >= 0.3 is 0 Å². The standard InChI is InChI=1S/C79H56N2O2/c1-4-5-32-65-66-49-47-56-51-59(81(70-40-21-27-55-25-13-15-34-61(55)70)72-42-23-38-68-64-36-17-19-44-74(64)83-78(68)72)48-50-62(56)76(66)79(57-28-8-6-9-29-57,58-30-10-7-11-31-58)75(65)52(2)45-46-53(3)80(69-39-20-26-54-24-12-14-33-60(54)69)71-41-22-37-67-63-35-16-18-43-73(63)82-77(67)71/h5-51H,2-4H2,1H3/b32-5-,46-45-. The maximum atomic E-state index is 6.83. The van der Waals surface area contributed by atoms with Crippen molar-refractivity contribution in [1.82, 2.24) is 0 Å². The van der Waals surface area contributed by atoms with Crippen molar-refractivity contribution in [2.24, 2.45) is 0 Å². The van der Waals surface area contributed by atoms with Crippen LogP contribution in [0.5, 0.6) is 0 Å². The molecule has 12 aromatic carbocycles. The molecule has 2 aromatic heterocycles. The predicted octanol–water partition coefficient (Wildman–Crippen LogP) is 21.9. The van der Waals surface area contributed by atoms with Gasteiger partial charge in [0.05, 0.1) is 28.2 Å². The van der Waals surface area contributed by atoms with Crippen LogP contribution >= 0.6 is 0 Å². The van der Waals surface area contributed by atoms with E-state index < -0.39 is 5.41 Å². The van der Waals surface area contributed by atoms with Crippen LogP contribution in [-0.2, 0) is 5.41 Å². The van der Waals surface area contributed by atoms with Crippen LogP contribution in [0.3, 0.4) is 0 Å². The molecule has 0 unspecified atom stereocenters. The van der Waals surface area contributed by atoms with Gasteiger partial charge in [0.1, 0.15) is 11.2 Å². The number of allylic oxidation sites excluding steroid dienone is 7. The van der Waals surface area contributed by atoms with E-state index >= 15 is 0 Å². The Hall–Kier alpha value is -10.7. The summed E-state index contributed by atoms with van der Waals surface area (Å²) in [6.07, 6.45) is 9.80. The fourth-order valence-corrected chi connectivity index (χ4v) is 13.3. The van der Waals surface area contributed by atoms with E-state index in [9.17, 15) is 0 Å². The number of rotatable bonds is 13. The van der Waals surface area contributed by atoms with Crippen molar-refractivity contribution in [1.29, 1.82) is 0 Å². The summed E-state index contributed by atoms with van der Waals surface area (Å²) in [6.45, 7) is 12.2. The lowest BCUT2D eigenvalue weighted by Crippen LogP contribution is -2.31. The molecule has 0 amide bonds. The number of hydrogen-bond donors (Lipinski definition) is 0. The van der Waals surface area contributed by atoms with Crippen molar-refractivity contribution in [2.75, 3.05) is 9.80 Å². The maximum Gasteiger partial charge on any atom is 0.159 e. The van der Waals surface area contributed by atoms with Crippen LogP contribution in [0.1, 0.15) is 35.6 Å². The molecule has 2 heterocycles. The van der Waals surface area contributed by atoms with Gasteiger partial charge in [0.2, 0.25) is 0 Å². The highest BCUT2D eigenvalue weighted by Gasteiger charge is 2.49. The average molecular weight is 1070 g/mol. The zero-order chi connectivity index (χ0) is 55.6. The Labute approximate surface area is 482 Å². The molecule has 15 rings (SSSR count). The normalized spacial score (nSPS) is 13.2. The lowest BCUT2D eigenvalue weighted by molar-refractivity contribution is 0.668. The van der Waals surface area contributed by atoms with Gasteiger partial charge in [0, 0.05) is 43.7 Å². The van der Waals surface area contributed by atoms with Gasteiger partial charge in [-0.05, 0) is 122 Å². The second kappa shape index (κ2) is 20.1. The molecule has 0 N–H and O–H groups in total. The molecule has 0 spiro atoms. The van der Waals surface area contributed by atoms with Crippen LogP contribution in [0.4, 0.5) is 28.4 Å². The number of nitrogens with zero attached hydrogens (tertiary/aromatic N) is 2. The molecule has 1 aliphatic carbocycles. The monoisotopic (exact) mass is 1060 g/mol. The molecule has 4 nitrogen and oxygen atoms in total. The molecule has 1 aliphatic rings. The van der Waals surface area contributed by atoms with Gasteiger partial charge in [-0.3, -0.25) is 0 Å². The number of furan rings is 2. The summed E-state index contributed by atoms with van der Waals surface area (Å²) in [7, 11) is 0. The van der Waals surface area contributed by atoms with E-state index in [2.05, 4.69) is 284 Å². The van der Waals surface area contributed by atoms with Crippen LogP contribution in [0.2, 0.25) is 0 Å². The van der Waals surface area contributed by atoms with E-state index in [-0.39, 0.29) is 0 Å². The zero-order valence-electron chi connectivity index (χ0n) is 46.0. The highest BCUT2D eigenvalue weighted by molar-refractivity contribution is 6.14. The Balaban J connectivity index is 0.934. The molecule has 0 atom stereocenters. The Bertz CT molecular complexity index is 4960. The summed E-state index contributed by atoms with van der Waals surface area (Å²) in [5.41, 5.74) is 16.0. The molecule has 0 saturated heterocycles. The Morgan fingerprint density at radius 3 is 1.58 bits per heavy atom. The maximum absolute atomic E-state index is 6.83. The van der Waals surface area contributed by atoms with Crippen LogP contribution < -0.4 is 9.80 Å². The molecule has 14 aromatic rings. The fraction of sp³-hybridized carbons (Fsp3) is 0.0380. The lowest BCUT2D eigenvalue weighted by Gasteiger charge is -2.37. The smallest absolute Gasteiger partial charge is 0.159 e. The minimum atomic E-state index is -0.820. The fourth-order valence-electron chi connectivity index (χ4n) is 13.3. The van der Waals surface area contributed by atoms with E-state index in [1.807, 2.05) is 18.2 Å². The molecule has 0 fully saturated rings. The van der Waals surface area contributed by atoms with Crippen molar-refractivity contribution in [3.8, 4) is 0 Å². The van der Waals surface area contributed by atoms with Gasteiger partial charge in [-0.15, -0.1) is 0 Å². The Morgan fingerprint density at radius 1 is 0.434 bits per heavy atom. The molecule has 0 aliphatic heterocycles. The summed E-state index contributed by atoms with van der Waals surface area (Å²) < 4.78 is 13.6. The van der Waals surface area contributed by atoms with Crippen molar-refractivity contribution in [2.45, 2.75) is 18.8 Å². The quantitative estimate of drug-likeness (QED) is 0.108. The van der Waals surface area contributed by atoms with E-state index in [1.165, 1.54) is 5.56 Å². The van der Waals surface area contributed by atoms with Crippen LogP contribution in [0.25, 0.3) is 81.8 Å². The van der Waals surface area contributed by atoms with Crippen molar-refractivity contribution in [3.63, 3.8) is 0 Å². The molecule has 4 heteroatoms. The summed E-state index contributed by atoms with van der Waals surface area (Å²) in [4.78, 5) is 4.63.